The van der Waals surface area contributed by atoms with Crippen molar-refractivity contribution in [2.24, 2.45) is 0 Å². The number of fused-ring (bicyclic) bond motifs is 3. The summed E-state index contributed by atoms with van der Waals surface area (Å²) < 4.78 is 5.56. The van der Waals surface area contributed by atoms with Crippen molar-refractivity contribution >= 4 is 18.0 Å². The number of rotatable bonds is 8. The second-order valence-corrected chi connectivity index (χ2v) is 9.51. The van der Waals surface area contributed by atoms with Crippen molar-refractivity contribution in [1.82, 2.24) is 15.5 Å². The number of carboxylic acids is 1. The second kappa shape index (κ2) is 10.9. The van der Waals surface area contributed by atoms with Crippen molar-refractivity contribution in [3.63, 3.8) is 0 Å². The molecule has 1 aliphatic carbocycles. The van der Waals surface area contributed by atoms with E-state index < -0.39 is 18.1 Å². The molecule has 2 aromatic rings. The highest BCUT2D eigenvalue weighted by Crippen LogP contribution is 2.44. The van der Waals surface area contributed by atoms with Crippen LogP contribution < -0.4 is 10.6 Å². The third kappa shape index (κ3) is 5.82. The van der Waals surface area contributed by atoms with Gasteiger partial charge in [-0.15, -0.1) is 0 Å². The molecule has 3 unspecified atom stereocenters. The third-order valence-corrected chi connectivity index (χ3v) is 7.15. The van der Waals surface area contributed by atoms with Crippen LogP contribution in [0.4, 0.5) is 4.79 Å². The van der Waals surface area contributed by atoms with Gasteiger partial charge < -0.3 is 25.4 Å². The standard InChI is InChI=1S/C27H33N3O5/c1-17-15-18(13-14-30(17)2)28-26(33)24(11-12-25(31)32)29-27(34)35-16-23-21-9-5-3-7-19(21)20-8-4-6-10-22(20)23/h3-10,17-18,23-24H,11-16H2,1-2H3,(H,28,33)(H,29,34)(H,31,32). The molecule has 2 amide bonds. The lowest BCUT2D eigenvalue weighted by Gasteiger charge is -2.35. The van der Waals surface area contributed by atoms with Crippen LogP contribution in [0, 0.1) is 0 Å². The number of hydrogen-bond acceptors (Lipinski definition) is 5. The van der Waals surface area contributed by atoms with Gasteiger partial charge in [0.1, 0.15) is 12.6 Å². The number of hydrogen-bond donors (Lipinski definition) is 3. The molecular formula is C27H33N3O5. The van der Waals surface area contributed by atoms with Crippen molar-refractivity contribution in [2.75, 3.05) is 20.2 Å². The minimum atomic E-state index is -1.02. The summed E-state index contributed by atoms with van der Waals surface area (Å²) in [5, 5.41) is 14.7. The second-order valence-electron chi connectivity index (χ2n) is 9.51. The molecule has 4 rings (SSSR count). The van der Waals surface area contributed by atoms with Gasteiger partial charge in [-0.25, -0.2) is 4.79 Å². The SMILES string of the molecule is CC1CC(NC(=O)C(CCC(=O)O)NC(=O)OCC2c3ccccc3-c3ccccc32)CCN1C. The zero-order valence-electron chi connectivity index (χ0n) is 20.2. The van der Waals surface area contributed by atoms with E-state index in [1.54, 1.807) is 0 Å². The number of piperidine rings is 1. The molecular weight excluding hydrogens is 446 g/mol. The normalized spacial score (nSPS) is 20.4. The number of carbonyl (C=O) groups is 3. The number of carbonyl (C=O) groups excluding carboxylic acids is 2. The van der Waals surface area contributed by atoms with Crippen molar-refractivity contribution in [2.45, 2.75) is 56.7 Å². The molecule has 35 heavy (non-hydrogen) atoms. The maximum Gasteiger partial charge on any atom is 0.407 e. The maximum atomic E-state index is 12.9. The number of alkyl carbamates (subject to hydrolysis) is 1. The fourth-order valence-electron chi connectivity index (χ4n) is 5.04. The summed E-state index contributed by atoms with van der Waals surface area (Å²) in [6.45, 7) is 3.10. The lowest BCUT2D eigenvalue weighted by Crippen LogP contribution is -2.53. The molecule has 186 valence electrons. The fraction of sp³-hybridized carbons (Fsp3) is 0.444. The molecule has 1 heterocycles. The highest BCUT2D eigenvalue weighted by Gasteiger charge is 2.31. The quantitative estimate of drug-likeness (QED) is 0.536. The average Bonchev–Trinajstić information content (AvgIpc) is 3.16. The van der Waals surface area contributed by atoms with Crippen LogP contribution in [0.3, 0.4) is 0 Å². The van der Waals surface area contributed by atoms with Gasteiger partial charge in [0.25, 0.3) is 0 Å². The minimum Gasteiger partial charge on any atom is -0.481 e. The van der Waals surface area contributed by atoms with E-state index in [0.717, 1.165) is 41.6 Å². The van der Waals surface area contributed by atoms with Gasteiger partial charge in [0, 0.05) is 31.0 Å². The lowest BCUT2D eigenvalue weighted by molar-refractivity contribution is -0.137. The summed E-state index contributed by atoms with van der Waals surface area (Å²) in [7, 11) is 2.05. The first-order valence-electron chi connectivity index (χ1n) is 12.2. The summed E-state index contributed by atoms with van der Waals surface area (Å²) in [6, 6.07) is 15.4. The number of carboxylic acid groups (broad SMARTS) is 1. The van der Waals surface area contributed by atoms with E-state index >= 15 is 0 Å². The number of likely N-dealkylation sites (tertiary alicyclic amines) is 1. The van der Waals surface area contributed by atoms with Crippen molar-refractivity contribution < 1.29 is 24.2 Å². The number of amides is 2. The van der Waals surface area contributed by atoms with Gasteiger partial charge in [-0.2, -0.15) is 0 Å². The van der Waals surface area contributed by atoms with E-state index in [0.29, 0.717) is 6.04 Å². The molecule has 0 saturated carbocycles. The molecule has 1 aliphatic heterocycles. The van der Waals surface area contributed by atoms with Gasteiger partial charge in [-0.1, -0.05) is 48.5 Å². The predicted molar refractivity (Wildman–Crippen MR) is 132 cm³/mol. The van der Waals surface area contributed by atoms with E-state index in [9.17, 15) is 14.4 Å². The van der Waals surface area contributed by atoms with Gasteiger partial charge in [-0.05, 0) is 55.5 Å². The first-order chi connectivity index (χ1) is 16.8. The van der Waals surface area contributed by atoms with E-state index in [1.807, 2.05) is 36.4 Å². The summed E-state index contributed by atoms with van der Waals surface area (Å²) in [6.07, 6.45) is 0.648. The number of nitrogens with one attached hydrogen (secondary N) is 2. The first-order valence-corrected chi connectivity index (χ1v) is 12.2. The minimum absolute atomic E-state index is 0.00641. The van der Waals surface area contributed by atoms with Crippen LogP contribution >= 0.6 is 0 Å². The number of benzene rings is 2. The Bertz CT molecular complexity index is 1040. The van der Waals surface area contributed by atoms with Gasteiger partial charge in [0.2, 0.25) is 5.91 Å². The number of nitrogens with zero attached hydrogens (tertiary/aromatic N) is 1. The van der Waals surface area contributed by atoms with Gasteiger partial charge in [0.05, 0.1) is 0 Å². The van der Waals surface area contributed by atoms with E-state index in [1.165, 1.54) is 0 Å². The van der Waals surface area contributed by atoms with Crippen LogP contribution in [0.25, 0.3) is 11.1 Å². The molecule has 1 saturated heterocycles. The van der Waals surface area contributed by atoms with Crippen LogP contribution in [0.5, 0.6) is 0 Å². The van der Waals surface area contributed by atoms with Gasteiger partial charge >= 0.3 is 12.1 Å². The monoisotopic (exact) mass is 479 g/mol. The molecule has 0 aromatic heterocycles. The van der Waals surface area contributed by atoms with Gasteiger partial charge in [0.15, 0.2) is 0 Å². The Morgan fingerprint density at radius 2 is 1.71 bits per heavy atom. The van der Waals surface area contributed by atoms with Crippen LogP contribution in [-0.2, 0) is 14.3 Å². The van der Waals surface area contributed by atoms with E-state index in [-0.39, 0.29) is 37.3 Å². The Kier molecular flexibility index (Phi) is 7.70. The lowest BCUT2D eigenvalue weighted by atomic mass is 9.98. The maximum absolute atomic E-state index is 12.9. The number of aliphatic carboxylic acids is 1. The highest BCUT2D eigenvalue weighted by molar-refractivity contribution is 5.86. The van der Waals surface area contributed by atoms with Crippen LogP contribution in [-0.4, -0.2) is 66.3 Å². The van der Waals surface area contributed by atoms with Crippen molar-refractivity contribution in [1.29, 1.82) is 0 Å². The summed E-state index contributed by atoms with van der Waals surface area (Å²) >= 11 is 0. The average molecular weight is 480 g/mol. The Labute approximate surface area is 205 Å². The summed E-state index contributed by atoms with van der Waals surface area (Å²) in [5.41, 5.74) is 4.45. The molecule has 3 N–H and O–H groups in total. The van der Waals surface area contributed by atoms with Crippen molar-refractivity contribution in [3.8, 4) is 11.1 Å². The Morgan fingerprint density at radius 1 is 1.09 bits per heavy atom. The third-order valence-electron chi connectivity index (χ3n) is 7.15. The van der Waals surface area contributed by atoms with Crippen LogP contribution in [0.2, 0.25) is 0 Å². The molecule has 0 bridgehead atoms. The predicted octanol–water partition coefficient (Wildman–Crippen LogP) is 3.36. The summed E-state index contributed by atoms with van der Waals surface area (Å²) in [4.78, 5) is 39.0. The molecule has 0 radical (unpaired) electrons. The molecule has 8 heteroatoms. The van der Waals surface area contributed by atoms with Crippen molar-refractivity contribution in [3.05, 3.63) is 59.7 Å². The van der Waals surface area contributed by atoms with Crippen LogP contribution in [0.1, 0.15) is 49.7 Å². The fourth-order valence-corrected chi connectivity index (χ4v) is 5.04. The Morgan fingerprint density at radius 3 is 2.31 bits per heavy atom. The van der Waals surface area contributed by atoms with Gasteiger partial charge in [-0.3, -0.25) is 9.59 Å². The van der Waals surface area contributed by atoms with E-state index in [4.69, 9.17) is 9.84 Å². The molecule has 8 nitrogen and oxygen atoms in total. The van der Waals surface area contributed by atoms with Crippen LogP contribution in [0.15, 0.2) is 48.5 Å². The molecule has 0 spiro atoms. The largest absolute Gasteiger partial charge is 0.481 e. The highest BCUT2D eigenvalue weighted by atomic mass is 16.5. The zero-order valence-corrected chi connectivity index (χ0v) is 20.2. The first kappa shape index (κ1) is 24.7. The topological polar surface area (TPSA) is 108 Å². The molecule has 3 atom stereocenters. The zero-order chi connectivity index (χ0) is 24.9. The van der Waals surface area contributed by atoms with E-state index in [2.05, 4.69) is 41.6 Å². The molecule has 2 aliphatic rings. The number of ether oxygens (including phenoxy) is 1. The Hall–Kier alpha value is -3.39. The smallest absolute Gasteiger partial charge is 0.407 e. The Balaban J connectivity index is 1.38. The molecule has 1 fully saturated rings. The summed E-state index contributed by atoms with van der Waals surface area (Å²) in [5.74, 6) is -1.49. The molecule has 2 aromatic carbocycles.